The second-order valence-corrected chi connectivity index (χ2v) is 8.84. The molecule has 0 unspecified atom stereocenters. The van der Waals surface area contributed by atoms with Crippen molar-refractivity contribution in [3.05, 3.63) is 47.7 Å². The van der Waals surface area contributed by atoms with Gasteiger partial charge in [-0.3, -0.25) is 0 Å². The molecule has 0 spiro atoms. The SMILES string of the molecule is COc1ccc2c3cn(c2c1)S(=O)(=O)c1cc(CCN(C)C)c(C)cc1-3. The molecule has 4 rings (SSSR count). The van der Waals surface area contributed by atoms with Crippen molar-refractivity contribution < 1.29 is 13.2 Å². The fraction of sp³-hybridized carbons (Fsp3) is 0.300. The van der Waals surface area contributed by atoms with E-state index in [1.54, 1.807) is 19.4 Å². The van der Waals surface area contributed by atoms with Crippen molar-refractivity contribution >= 4 is 20.9 Å². The molecular formula is C20H22N2O3S. The van der Waals surface area contributed by atoms with Gasteiger partial charge >= 0.3 is 0 Å². The van der Waals surface area contributed by atoms with E-state index in [0.717, 1.165) is 40.6 Å². The molecular weight excluding hydrogens is 348 g/mol. The van der Waals surface area contributed by atoms with E-state index >= 15 is 0 Å². The lowest BCUT2D eigenvalue weighted by molar-refractivity contribution is 0.413. The Labute approximate surface area is 153 Å². The molecule has 0 fully saturated rings. The van der Waals surface area contributed by atoms with Crippen molar-refractivity contribution in [3.8, 4) is 16.9 Å². The first-order chi connectivity index (χ1) is 12.3. The van der Waals surface area contributed by atoms with Crippen LogP contribution >= 0.6 is 0 Å². The average Bonchev–Trinajstić information content (AvgIpc) is 2.96. The molecule has 0 atom stereocenters. The maximum Gasteiger partial charge on any atom is 0.268 e. The van der Waals surface area contributed by atoms with Gasteiger partial charge in [0.2, 0.25) is 0 Å². The molecule has 26 heavy (non-hydrogen) atoms. The maximum atomic E-state index is 13.3. The standard InChI is InChI=1S/C20H22N2O3S/c1-13-9-17-18-12-22(19-11-15(25-4)5-6-16(18)19)26(23,24)20(17)10-14(13)7-8-21(2)3/h5-6,9-12H,7-8H2,1-4H3. The Hall–Kier alpha value is -2.31. The molecule has 0 saturated heterocycles. The molecule has 0 aliphatic carbocycles. The summed E-state index contributed by atoms with van der Waals surface area (Å²) >= 11 is 0. The van der Waals surface area contributed by atoms with Crippen molar-refractivity contribution in [2.45, 2.75) is 18.2 Å². The summed E-state index contributed by atoms with van der Waals surface area (Å²) in [5.74, 6) is 0.646. The number of rotatable bonds is 4. The average molecular weight is 370 g/mol. The van der Waals surface area contributed by atoms with E-state index < -0.39 is 10.0 Å². The highest BCUT2D eigenvalue weighted by atomic mass is 32.2. The van der Waals surface area contributed by atoms with Gasteiger partial charge in [0.15, 0.2) is 0 Å². The summed E-state index contributed by atoms with van der Waals surface area (Å²) in [5.41, 5.74) is 4.59. The minimum Gasteiger partial charge on any atom is -0.497 e. The molecule has 2 heterocycles. The first-order valence-corrected chi connectivity index (χ1v) is 10.00. The quantitative estimate of drug-likeness (QED) is 0.553. The molecule has 0 saturated carbocycles. The molecule has 136 valence electrons. The zero-order chi connectivity index (χ0) is 18.6. The fourth-order valence-corrected chi connectivity index (χ4v) is 5.20. The van der Waals surface area contributed by atoms with Crippen LogP contribution in [0.4, 0.5) is 0 Å². The van der Waals surface area contributed by atoms with Gasteiger partial charge in [0, 0.05) is 35.3 Å². The molecule has 6 heteroatoms. The van der Waals surface area contributed by atoms with Crippen LogP contribution in [0.15, 0.2) is 41.4 Å². The predicted octanol–water partition coefficient (Wildman–Crippen LogP) is 3.28. The van der Waals surface area contributed by atoms with Crippen LogP contribution in [0.3, 0.4) is 0 Å². The van der Waals surface area contributed by atoms with Crippen LogP contribution in [0, 0.1) is 6.92 Å². The Balaban J connectivity index is 1.96. The topological polar surface area (TPSA) is 51.5 Å². The summed E-state index contributed by atoms with van der Waals surface area (Å²) < 4.78 is 33.2. The minimum atomic E-state index is -3.62. The van der Waals surface area contributed by atoms with Crippen LogP contribution in [0.2, 0.25) is 0 Å². The Bertz CT molecular complexity index is 1130. The first kappa shape index (κ1) is 17.1. The number of hydrogen-bond donors (Lipinski definition) is 0. The summed E-state index contributed by atoms with van der Waals surface area (Å²) in [7, 11) is 2.00. The van der Waals surface area contributed by atoms with E-state index in [1.807, 2.05) is 38.4 Å². The van der Waals surface area contributed by atoms with Crippen molar-refractivity contribution in [3.63, 3.8) is 0 Å². The minimum absolute atomic E-state index is 0.393. The van der Waals surface area contributed by atoms with E-state index in [2.05, 4.69) is 11.8 Å². The Morgan fingerprint density at radius 2 is 1.88 bits per heavy atom. The summed E-state index contributed by atoms with van der Waals surface area (Å²) in [6.07, 6.45) is 2.54. The van der Waals surface area contributed by atoms with Crippen molar-refractivity contribution in [1.82, 2.24) is 8.87 Å². The molecule has 5 nitrogen and oxygen atoms in total. The molecule has 1 aliphatic rings. The number of likely N-dealkylation sites (N-methyl/N-ethyl adjacent to an activating group) is 1. The summed E-state index contributed by atoms with van der Waals surface area (Å²) in [6.45, 7) is 2.93. The third kappa shape index (κ3) is 2.44. The zero-order valence-electron chi connectivity index (χ0n) is 15.4. The van der Waals surface area contributed by atoms with Gasteiger partial charge < -0.3 is 9.64 Å². The molecule has 0 radical (unpaired) electrons. The van der Waals surface area contributed by atoms with Crippen LogP contribution in [0.25, 0.3) is 22.0 Å². The molecule has 0 N–H and O–H groups in total. The third-order valence-electron chi connectivity index (χ3n) is 5.07. The molecule has 0 amide bonds. The van der Waals surface area contributed by atoms with Crippen molar-refractivity contribution in [2.24, 2.45) is 0 Å². The summed E-state index contributed by atoms with van der Waals surface area (Å²) in [5, 5.41) is 0.925. The van der Waals surface area contributed by atoms with E-state index in [-0.39, 0.29) is 0 Å². The Morgan fingerprint density at radius 1 is 1.12 bits per heavy atom. The van der Waals surface area contributed by atoms with Gasteiger partial charge in [-0.05, 0) is 62.8 Å². The normalized spacial score (nSPS) is 14.7. The molecule has 2 bridgehead atoms. The second-order valence-electron chi connectivity index (χ2n) is 7.05. The highest BCUT2D eigenvalue weighted by molar-refractivity contribution is 7.90. The van der Waals surface area contributed by atoms with Crippen molar-refractivity contribution in [2.75, 3.05) is 27.7 Å². The molecule has 1 aliphatic heterocycles. The number of hydrogen-bond acceptors (Lipinski definition) is 4. The van der Waals surface area contributed by atoms with E-state index in [0.29, 0.717) is 16.2 Å². The smallest absolute Gasteiger partial charge is 0.268 e. The highest BCUT2D eigenvalue weighted by Crippen LogP contribution is 2.43. The van der Waals surface area contributed by atoms with Gasteiger partial charge in [0.05, 0.1) is 17.5 Å². The second kappa shape index (κ2) is 5.86. The van der Waals surface area contributed by atoms with Crippen LogP contribution < -0.4 is 4.74 Å². The largest absolute Gasteiger partial charge is 0.497 e. The number of benzene rings is 2. The van der Waals surface area contributed by atoms with Crippen LogP contribution in [-0.2, 0) is 16.4 Å². The number of aryl methyl sites for hydroxylation is 1. The maximum absolute atomic E-state index is 13.3. The highest BCUT2D eigenvalue weighted by Gasteiger charge is 2.32. The zero-order valence-corrected chi connectivity index (χ0v) is 16.2. The van der Waals surface area contributed by atoms with E-state index in [4.69, 9.17) is 4.74 Å². The number of aromatic nitrogens is 1. The molecule has 2 aromatic carbocycles. The number of methoxy groups -OCH3 is 1. The predicted molar refractivity (Wildman–Crippen MR) is 104 cm³/mol. The van der Waals surface area contributed by atoms with Gasteiger partial charge in [0.25, 0.3) is 10.0 Å². The Morgan fingerprint density at radius 3 is 2.58 bits per heavy atom. The van der Waals surface area contributed by atoms with Crippen molar-refractivity contribution in [1.29, 1.82) is 0 Å². The lowest BCUT2D eigenvalue weighted by Crippen LogP contribution is -2.18. The van der Waals surface area contributed by atoms with E-state index in [1.165, 1.54) is 3.97 Å². The van der Waals surface area contributed by atoms with Gasteiger partial charge in [-0.15, -0.1) is 0 Å². The van der Waals surface area contributed by atoms with Gasteiger partial charge in [-0.2, -0.15) is 0 Å². The van der Waals surface area contributed by atoms with Gasteiger partial charge in [-0.1, -0.05) is 0 Å². The number of fused-ring (bicyclic) bond motifs is 7. The van der Waals surface area contributed by atoms with Crippen LogP contribution in [-0.4, -0.2) is 45.0 Å². The number of nitrogens with zero attached hydrogens (tertiary/aromatic N) is 2. The molecule has 3 aromatic rings. The van der Waals surface area contributed by atoms with E-state index in [9.17, 15) is 8.42 Å². The fourth-order valence-electron chi connectivity index (χ4n) is 3.59. The summed E-state index contributed by atoms with van der Waals surface area (Å²) in [4.78, 5) is 2.50. The Kier molecular flexibility index (Phi) is 3.86. The first-order valence-electron chi connectivity index (χ1n) is 8.56. The van der Waals surface area contributed by atoms with Gasteiger partial charge in [0.1, 0.15) is 5.75 Å². The third-order valence-corrected chi connectivity index (χ3v) is 6.79. The van der Waals surface area contributed by atoms with Crippen LogP contribution in [0.1, 0.15) is 11.1 Å². The summed E-state index contributed by atoms with van der Waals surface area (Å²) in [6, 6.07) is 9.45. The lowest BCUT2D eigenvalue weighted by atomic mass is 9.97. The van der Waals surface area contributed by atoms with Crippen LogP contribution in [0.5, 0.6) is 5.75 Å². The molecule has 1 aromatic heterocycles. The monoisotopic (exact) mass is 370 g/mol. The lowest BCUT2D eigenvalue weighted by Gasteiger charge is -2.18. The van der Waals surface area contributed by atoms with Gasteiger partial charge in [-0.25, -0.2) is 12.4 Å². The number of ether oxygens (including phenoxy) is 1.